The Kier molecular flexibility index (Phi) is 33.6. The van der Waals surface area contributed by atoms with Gasteiger partial charge in [0.2, 0.25) is 47.3 Å². The number of nitrogens with one attached hydrogen (secondary N) is 7. The van der Waals surface area contributed by atoms with Crippen LogP contribution in [0.15, 0.2) is 54.6 Å². The summed E-state index contributed by atoms with van der Waals surface area (Å²) in [5.41, 5.74) is 9.70. The van der Waals surface area contributed by atoms with Crippen LogP contribution in [0.5, 0.6) is 0 Å². The number of hydrogen-bond acceptors (Lipinski definition) is 14. The number of benzene rings is 2. The fourth-order valence-electron chi connectivity index (χ4n) is 11.8. The number of carbonyl (C=O) groups excluding carboxylic acids is 9. The Morgan fingerprint density at radius 2 is 1.36 bits per heavy atom. The van der Waals surface area contributed by atoms with E-state index >= 15 is 0 Å². The molecule has 2 unspecified atom stereocenters. The van der Waals surface area contributed by atoms with Gasteiger partial charge in [-0.15, -0.1) is 0 Å². The molecule has 10 N–H and O–H groups in total. The van der Waals surface area contributed by atoms with E-state index < -0.39 is 102 Å². The molecule has 1 saturated heterocycles. The van der Waals surface area contributed by atoms with Crippen molar-refractivity contribution >= 4 is 64.9 Å². The second-order valence-electron chi connectivity index (χ2n) is 25.5. The Morgan fingerprint density at radius 3 is 1.92 bits per heavy atom. The Hall–Kier alpha value is -7.22. The van der Waals surface area contributed by atoms with Crippen molar-refractivity contribution in [3.05, 3.63) is 65.7 Å². The molecular formula is C66H107N11O14. The lowest BCUT2D eigenvalue weighted by molar-refractivity contribution is -0.148. The van der Waals surface area contributed by atoms with Crippen LogP contribution in [0, 0.1) is 35.5 Å². The predicted molar refractivity (Wildman–Crippen MR) is 346 cm³/mol. The quantitative estimate of drug-likeness (QED) is 0.0316. The number of primary amides is 1. The SMILES string of the molecule is CC[C@H](C)[C@@H]([C@@H](CC(=O)N1CCC[C@H]1[C@H](OC)[C@@H](C)C(=O)N[C@@H](Cc1ccccc1)C[C@H](C)C(=O)NOCc1ccc(NC(=O)[C@@H](CCCNC(N)=O)NC(=O)C(NC(=O)CCCC(=O)O)C(C)C)cc1)OC)N(C)C(=O)[C@@H](NC(=O)C(C(C)C)N(C)C)C(C)C. The van der Waals surface area contributed by atoms with Crippen LogP contribution in [0.2, 0.25) is 0 Å². The van der Waals surface area contributed by atoms with Crippen LogP contribution in [0.1, 0.15) is 145 Å². The van der Waals surface area contributed by atoms with Gasteiger partial charge in [-0.3, -0.25) is 52.9 Å². The number of methoxy groups -OCH3 is 2. The van der Waals surface area contributed by atoms with Crippen molar-refractivity contribution < 1.29 is 67.4 Å². The summed E-state index contributed by atoms with van der Waals surface area (Å²) in [5, 5.41) is 25.8. The van der Waals surface area contributed by atoms with Gasteiger partial charge in [0, 0.05) is 64.8 Å². The van der Waals surface area contributed by atoms with E-state index in [1.807, 2.05) is 90.9 Å². The highest BCUT2D eigenvalue weighted by molar-refractivity contribution is 5.98. The normalized spacial score (nSPS) is 16.9. The summed E-state index contributed by atoms with van der Waals surface area (Å²) in [7, 11) is 8.46. The third-order valence-electron chi connectivity index (χ3n) is 17.0. The van der Waals surface area contributed by atoms with Gasteiger partial charge in [0.1, 0.15) is 18.1 Å². The number of amides is 10. The van der Waals surface area contributed by atoms with E-state index in [0.29, 0.717) is 43.5 Å². The molecule has 0 saturated carbocycles. The molecule has 10 amide bonds. The Morgan fingerprint density at radius 1 is 0.714 bits per heavy atom. The van der Waals surface area contributed by atoms with Crippen molar-refractivity contribution in [3.8, 4) is 0 Å². The van der Waals surface area contributed by atoms with Gasteiger partial charge in [-0.1, -0.05) is 118 Å². The average molecular weight is 1280 g/mol. The number of nitrogens with zero attached hydrogens (tertiary/aromatic N) is 3. The molecular weight excluding hydrogens is 1170 g/mol. The Balaban J connectivity index is 1.70. The molecule has 25 nitrogen and oxygen atoms in total. The molecule has 12 atom stereocenters. The second kappa shape index (κ2) is 39.2. The lowest BCUT2D eigenvalue weighted by atomic mass is 9.89. The minimum absolute atomic E-state index is 0.00128. The molecule has 510 valence electrons. The van der Waals surface area contributed by atoms with Crippen molar-refractivity contribution in [2.75, 3.05) is 53.8 Å². The number of hydroxylamine groups is 1. The van der Waals surface area contributed by atoms with E-state index in [2.05, 4.69) is 37.4 Å². The molecule has 91 heavy (non-hydrogen) atoms. The molecule has 2 aromatic rings. The van der Waals surface area contributed by atoms with Crippen LogP contribution in [0.25, 0.3) is 0 Å². The zero-order valence-electron chi connectivity index (χ0n) is 56.4. The van der Waals surface area contributed by atoms with Gasteiger partial charge in [0.25, 0.3) is 0 Å². The lowest BCUT2D eigenvalue weighted by Gasteiger charge is -2.41. The number of aliphatic carboxylic acids is 1. The van der Waals surface area contributed by atoms with Crippen LogP contribution < -0.4 is 43.1 Å². The first-order chi connectivity index (χ1) is 42.9. The highest BCUT2D eigenvalue weighted by Crippen LogP contribution is 2.30. The van der Waals surface area contributed by atoms with Gasteiger partial charge < -0.3 is 62.0 Å². The molecule has 1 aliphatic rings. The van der Waals surface area contributed by atoms with Gasteiger partial charge in [-0.2, -0.15) is 0 Å². The molecule has 0 aromatic heterocycles. The fraction of sp³-hybridized carbons (Fsp3) is 0.667. The summed E-state index contributed by atoms with van der Waals surface area (Å²) in [6, 6.07) is 10.6. The van der Waals surface area contributed by atoms with Gasteiger partial charge in [0.05, 0.1) is 49.3 Å². The number of hydrogen-bond donors (Lipinski definition) is 9. The van der Waals surface area contributed by atoms with Crippen molar-refractivity contribution in [2.45, 2.75) is 201 Å². The lowest BCUT2D eigenvalue weighted by Crippen LogP contribution is -2.59. The van der Waals surface area contributed by atoms with E-state index in [9.17, 15) is 47.9 Å². The number of carboxylic acid groups (broad SMARTS) is 1. The average Bonchev–Trinajstić information content (AvgIpc) is 1.95. The fourth-order valence-corrected chi connectivity index (χ4v) is 11.8. The van der Waals surface area contributed by atoms with E-state index in [4.69, 9.17) is 25.2 Å². The Bertz CT molecular complexity index is 2650. The smallest absolute Gasteiger partial charge is 0.312 e. The number of carbonyl (C=O) groups is 10. The molecule has 3 rings (SSSR count). The summed E-state index contributed by atoms with van der Waals surface area (Å²) >= 11 is 0. The molecule has 0 radical (unpaired) electrons. The number of likely N-dealkylation sites (tertiary alicyclic amines) is 1. The minimum Gasteiger partial charge on any atom is -0.481 e. The van der Waals surface area contributed by atoms with Crippen LogP contribution in [-0.4, -0.2) is 182 Å². The maximum atomic E-state index is 14.6. The number of anilines is 1. The topological polar surface area (TPSA) is 339 Å². The maximum Gasteiger partial charge on any atom is 0.312 e. The van der Waals surface area contributed by atoms with Gasteiger partial charge in [0.15, 0.2) is 0 Å². The third-order valence-corrected chi connectivity index (χ3v) is 17.0. The molecule has 25 heteroatoms. The van der Waals surface area contributed by atoms with Crippen LogP contribution in [0.4, 0.5) is 10.5 Å². The number of urea groups is 1. The number of carboxylic acids is 1. The highest BCUT2D eigenvalue weighted by atomic mass is 16.6. The molecule has 0 bridgehead atoms. The summed E-state index contributed by atoms with van der Waals surface area (Å²) in [5.74, 6) is -6.28. The Labute approximate surface area is 538 Å². The molecule has 0 aliphatic carbocycles. The van der Waals surface area contributed by atoms with E-state index in [1.54, 1.807) is 68.8 Å². The number of likely N-dealkylation sites (N-methyl/N-ethyl adjacent to an activating group) is 2. The summed E-state index contributed by atoms with van der Waals surface area (Å²) in [6.45, 7) is 19.2. The number of nitrogens with two attached hydrogens (primary N) is 1. The van der Waals surface area contributed by atoms with Crippen LogP contribution in [0.3, 0.4) is 0 Å². The first-order valence-electron chi connectivity index (χ1n) is 32.0. The molecule has 2 aromatic carbocycles. The first kappa shape index (κ1) is 78.0. The van der Waals surface area contributed by atoms with Crippen LogP contribution in [-0.2, 0) is 70.5 Å². The summed E-state index contributed by atoms with van der Waals surface area (Å²) < 4.78 is 12.2. The van der Waals surface area contributed by atoms with E-state index in [0.717, 1.165) is 5.56 Å². The van der Waals surface area contributed by atoms with Crippen molar-refractivity contribution in [1.29, 1.82) is 0 Å². The predicted octanol–water partition coefficient (Wildman–Crippen LogP) is 4.90. The number of rotatable bonds is 40. The zero-order chi connectivity index (χ0) is 68.2. The highest BCUT2D eigenvalue weighted by Gasteiger charge is 2.44. The molecule has 0 spiro atoms. The zero-order valence-corrected chi connectivity index (χ0v) is 56.4. The standard InChI is InChI=1S/C66H107N11O14/c1-16-42(8)58(76(13)65(87)56(40(4)5)73-64(86)57(41(6)7)75(11)12)51(89-14)37-53(79)77-34-22-26-50(77)59(90-15)44(10)61(83)70-48(36-45-23-18-17-19-24-45)35-43(9)60(82)74-91-38-46-29-31-47(32-30-46)69-62(84)49(25-21-33-68-66(67)88)71-63(85)55(39(2)3)72-52(78)27-20-28-54(80)81/h17-19,23-24,29-32,39-44,48-51,55-59H,16,20-22,25-28,33-38H2,1-15H3,(H,69,84)(H,70,83)(H,71,85)(H,72,78)(H,73,86)(H,74,82)(H,80,81)(H3,67,68,88)/t42-,43-,44+,48+,49+,50-,51+,55?,56-,57?,58-,59+/m0/s1. The van der Waals surface area contributed by atoms with E-state index in [1.165, 1.54) is 14.2 Å². The molecule has 1 fully saturated rings. The van der Waals surface area contributed by atoms with Crippen molar-refractivity contribution in [1.82, 2.24) is 46.8 Å². The second-order valence-corrected chi connectivity index (χ2v) is 25.5. The van der Waals surface area contributed by atoms with Gasteiger partial charge >= 0.3 is 12.0 Å². The van der Waals surface area contributed by atoms with Crippen molar-refractivity contribution in [2.24, 2.45) is 41.2 Å². The third kappa shape index (κ3) is 25.4. The first-order valence-corrected chi connectivity index (χ1v) is 32.0. The maximum absolute atomic E-state index is 14.6. The molecule has 1 aliphatic heterocycles. The van der Waals surface area contributed by atoms with Gasteiger partial charge in [-0.05, 0) is 106 Å². The van der Waals surface area contributed by atoms with Gasteiger partial charge in [-0.25, -0.2) is 10.3 Å². The largest absolute Gasteiger partial charge is 0.481 e. The molecule has 1 heterocycles. The summed E-state index contributed by atoms with van der Waals surface area (Å²) in [4.78, 5) is 144. The van der Waals surface area contributed by atoms with Crippen molar-refractivity contribution in [3.63, 3.8) is 0 Å². The van der Waals surface area contributed by atoms with Crippen LogP contribution >= 0.6 is 0 Å². The monoisotopic (exact) mass is 1280 g/mol. The minimum atomic E-state index is -1.09. The summed E-state index contributed by atoms with van der Waals surface area (Å²) in [6.07, 6.45) is 1.29. The van der Waals surface area contributed by atoms with E-state index in [-0.39, 0.29) is 105 Å². The number of ether oxygens (including phenoxy) is 2.